The summed E-state index contributed by atoms with van der Waals surface area (Å²) in [6.45, 7) is 1.49. The Balaban J connectivity index is 1.40. The first-order valence-corrected chi connectivity index (χ1v) is 9.94. The Bertz CT molecular complexity index is 869. The zero-order valence-electron chi connectivity index (χ0n) is 16.1. The van der Waals surface area contributed by atoms with Gasteiger partial charge in [-0.15, -0.1) is 0 Å². The molecule has 1 aromatic carbocycles. The second kappa shape index (κ2) is 7.82. The Kier molecular flexibility index (Phi) is 5.49. The molecule has 11 heteroatoms. The number of carbonyl (C=O) groups is 1. The van der Waals surface area contributed by atoms with E-state index in [0.29, 0.717) is 23.1 Å². The molecule has 0 aliphatic carbocycles. The van der Waals surface area contributed by atoms with E-state index in [1.807, 2.05) is 23.1 Å². The van der Waals surface area contributed by atoms with Gasteiger partial charge >= 0.3 is 6.03 Å². The molecule has 30 heavy (non-hydrogen) atoms. The molecule has 4 rings (SSSR count). The quantitative estimate of drug-likeness (QED) is 0.401. The third-order valence-corrected chi connectivity index (χ3v) is 5.65. The molecule has 1 unspecified atom stereocenters. The van der Waals surface area contributed by atoms with Gasteiger partial charge in [0.2, 0.25) is 5.91 Å². The van der Waals surface area contributed by atoms with E-state index in [4.69, 9.17) is 11.6 Å². The van der Waals surface area contributed by atoms with Crippen molar-refractivity contribution in [2.24, 2.45) is 0 Å². The summed E-state index contributed by atoms with van der Waals surface area (Å²) < 4.78 is 0. The number of halogens is 1. The molecule has 5 N–H and O–H groups in total. The molecule has 0 radical (unpaired) electrons. The largest absolute Gasteiger partial charge is 0.369 e. The van der Waals surface area contributed by atoms with Crippen molar-refractivity contribution < 1.29 is 25.2 Å². The number of allylic oxidation sites excluding steroid dienone is 2. The van der Waals surface area contributed by atoms with Crippen molar-refractivity contribution in [1.82, 2.24) is 20.2 Å². The molecule has 0 saturated carbocycles. The number of anilines is 1. The number of rotatable bonds is 5. The highest BCUT2D eigenvalue weighted by Crippen LogP contribution is 2.29. The second-order valence-corrected chi connectivity index (χ2v) is 7.94. The first-order valence-electron chi connectivity index (χ1n) is 9.56. The molecule has 0 bridgehead atoms. The van der Waals surface area contributed by atoms with Gasteiger partial charge < -0.3 is 25.3 Å². The topological polar surface area (TPSA) is 123 Å². The zero-order chi connectivity index (χ0) is 21.5. The van der Waals surface area contributed by atoms with Gasteiger partial charge in [-0.3, -0.25) is 4.90 Å². The van der Waals surface area contributed by atoms with Gasteiger partial charge in [0, 0.05) is 43.1 Å². The predicted molar refractivity (Wildman–Crippen MR) is 108 cm³/mol. The normalized spacial score (nSPS) is 22.8. The minimum absolute atomic E-state index is 0.261. The lowest BCUT2D eigenvalue weighted by molar-refractivity contribution is -0.348. The van der Waals surface area contributed by atoms with Crippen molar-refractivity contribution in [3.05, 3.63) is 53.7 Å². The second-order valence-electron chi connectivity index (χ2n) is 7.51. The van der Waals surface area contributed by atoms with Crippen molar-refractivity contribution in [3.8, 4) is 0 Å². The number of nitrogens with one attached hydrogen (secondary N) is 1. The van der Waals surface area contributed by atoms with Gasteiger partial charge in [0.05, 0.1) is 6.42 Å². The molecule has 2 saturated heterocycles. The number of piperazine rings is 1. The summed E-state index contributed by atoms with van der Waals surface area (Å²) in [6, 6.07) is 6.66. The molecule has 10 nitrogen and oxygen atoms in total. The van der Waals surface area contributed by atoms with Crippen molar-refractivity contribution in [3.63, 3.8) is 0 Å². The van der Waals surface area contributed by atoms with Crippen LogP contribution < -0.4 is 10.3 Å². The van der Waals surface area contributed by atoms with E-state index in [9.17, 15) is 25.2 Å². The SMILES string of the molecule is O=C1N2C=CC=CC2NN1C(O)(O)CC(O)(O)N1CCN(c2cccc(Cl)c2)CC1. The van der Waals surface area contributed by atoms with Gasteiger partial charge in [-0.05, 0) is 30.4 Å². The molecule has 2 fully saturated rings. The monoisotopic (exact) mass is 437 g/mol. The first kappa shape index (κ1) is 21.1. The number of benzene rings is 1. The molecule has 0 aromatic heterocycles. The Morgan fingerprint density at radius 1 is 1.07 bits per heavy atom. The number of hydrogen-bond donors (Lipinski definition) is 5. The highest BCUT2D eigenvalue weighted by atomic mass is 35.5. The Morgan fingerprint density at radius 2 is 1.80 bits per heavy atom. The lowest BCUT2D eigenvalue weighted by Gasteiger charge is -2.44. The number of fused-ring (bicyclic) bond motifs is 1. The van der Waals surface area contributed by atoms with Crippen LogP contribution in [0.3, 0.4) is 0 Å². The van der Waals surface area contributed by atoms with Crippen LogP contribution in [0.2, 0.25) is 5.02 Å². The predicted octanol–water partition coefficient (Wildman–Crippen LogP) is -0.219. The summed E-state index contributed by atoms with van der Waals surface area (Å²) >= 11 is 6.03. The Labute approximate surface area is 178 Å². The van der Waals surface area contributed by atoms with Crippen molar-refractivity contribution >= 4 is 23.3 Å². The van der Waals surface area contributed by atoms with Crippen LogP contribution in [0.5, 0.6) is 0 Å². The third-order valence-electron chi connectivity index (χ3n) is 5.42. The maximum Gasteiger partial charge on any atom is 0.344 e. The van der Waals surface area contributed by atoms with Crippen molar-refractivity contribution in [1.29, 1.82) is 0 Å². The number of nitrogens with zero attached hydrogens (tertiary/aromatic N) is 4. The van der Waals surface area contributed by atoms with Crippen LogP contribution in [0, 0.1) is 0 Å². The number of carbonyl (C=O) groups excluding carboxylic acids is 1. The number of hydrogen-bond acceptors (Lipinski definition) is 8. The molecule has 3 aliphatic heterocycles. The summed E-state index contributed by atoms with van der Waals surface area (Å²) in [5, 5.41) is 43.4. The average molecular weight is 438 g/mol. The van der Waals surface area contributed by atoms with E-state index in [1.165, 1.54) is 16.0 Å². The average Bonchev–Trinajstić information content (AvgIpc) is 3.05. The highest BCUT2D eigenvalue weighted by Gasteiger charge is 2.51. The minimum atomic E-state index is -2.83. The Hall–Kier alpha value is -2.18. The highest BCUT2D eigenvalue weighted by molar-refractivity contribution is 6.30. The van der Waals surface area contributed by atoms with E-state index < -0.39 is 30.4 Å². The van der Waals surface area contributed by atoms with Crippen LogP contribution in [0.15, 0.2) is 48.7 Å². The summed E-state index contributed by atoms with van der Waals surface area (Å²) in [6.07, 6.45) is 5.02. The van der Waals surface area contributed by atoms with Crippen molar-refractivity contribution in [2.75, 3.05) is 31.1 Å². The molecule has 3 aliphatic rings. The molecule has 162 valence electrons. The number of amides is 2. The van der Waals surface area contributed by atoms with Crippen LogP contribution >= 0.6 is 11.6 Å². The van der Waals surface area contributed by atoms with Crippen LogP contribution in [0.1, 0.15) is 6.42 Å². The maximum atomic E-state index is 12.5. The van der Waals surface area contributed by atoms with Crippen LogP contribution in [-0.4, -0.2) is 85.4 Å². The molecule has 1 aromatic rings. The van der Waals surface area contributed by atoms with E-state index in [2.05, 4.69) is 5.43 Å². The van der Waals surface area contributed by atoms with Gasteiger partial charge in [0.15, 0.2) is 0 Å². The molecule has 2 amide bonds. The number of aliphatic hydroxyl groups is 4. The van der Waals surface area contributed by atoms with Gasteiger partial charge in [0.25, 0.3) is 5.91 Å². The molecule has 3 heterocycles. The number of urea groups is 1. The first-order chi connectivity index (χ1) is 14.2. The summed E-state index contributed by atoms with van der Waals surface area (Å²) in [7, 11) is 0. The van der Waals surface area contributed by atoms with E-state index in [1.54, 1.807) is 24.3 Å². The number of hydrazine groups is 1. The maximum absolute atomic E-state index is 12.5. The van der Waals surface area contributed by atoms with Crippen LogP contribution in [-0.2, 0) is 0 Å². The third kappa shape index (κ3) is 4.03. The van der Waals surface area contributed by atoms with Gasteiger partial charge in [-0.1, -0.05) is 23.7 Å². The Morgan fingerprint density at radius 3 is 2.47 bits per heavy atom. The van der Waals surface area contributed by atoms with Gasteiger partial charge in [0.1, 0.15) is 6.17 Å². The van der Waals surface area contributed by atoms with Gasteiger partial charge in [-0.25, -0.2) is 14.7 Å². The lowest BCUT2D eigenvalue weighted by Crippen LogP contribution is -2.64. The molecule has 0 spiro atoms. The fraction of sp³-hybridized carbons (Fsp3) is 0.421. The van der Waals surface area contributed by atoms with Crippen LogP contribution in [0.25, 0.3) is 0 Å². The zero-order valence-corrected chi connectivity index (χ0v) is 16.9. The minimum Gasteiger partial charge on any atom is -0.369 e. The van der Waals surface area contributed by atoms with E-state index >= 15 is 0 Å². The standard InChI is InChI=1S/C19H24ClN5O5/c20-14-4-3-5-15(12-14)22-8-10-23(11-9-22)18(27,28)13-19(29,30)25-17(26)24-7-2-1-6-16(24)21-25/h1-7,12,16,21,27-30H,8-11,13H2. The molecular weight excluding hydrogens is 414 g/mol. The van der Waals surface area contributed by atoms with E-state index in [-0.39, 0.29) is 13.1 Å². The fourth-order valence-corrected chi connectivity index (χ4v) is 4.03. The molecule has 1 atom stereocenters. The lowest BCUT2D eigenvalue weighted by atomic mass is 10.1. The fourth-order valence-electron chi connectivity index (χ4n) is 3.85. The summed E-state index contributed by atoms with van der Waals surface area (Å²) in [4.78, 5) is 17.1. The van der Waals surface area contributed by atoms with Gasteiger partial charge in [-0.2, -0.15) is 5.43 Å². The van der Waals surface area contributed by atoms with Crippen molar-refractivity contribution in [2.45, 2.75) is 24.4 Å². The summed E-state index contributed by atoms with van der Waals surface area (Å²) in [5.41, 5.74) is 3.58. The summed E-state index contributed by atoms with van der Waals surface area (Å²) in [5.74, 6) is -5.37. The van der Waals surface area contributed by atoms with Crippen LogP contribution in [0.4, 0.5) is 10.5 Å². The van der Waals surface area contributed by atoms with E-state index in [0.717, 1.165) is 5.69 Å². The molecular formula is C19H24ClN5O5. The smallest absolute Gasteiger partial charge is 0.344 e.